The Balaban J connectivity index is 4.05. The molecule has 0 radical (unpaired) electrons. The number of rotatable bonds is 69. The summed E-state index contributed by atoms with van der Waals surface area (Å²) in [5.74, 6) is -0.831. The number of carbonyl (C=O) groups excluding carboxylic acids is 2. The molecule has 0 bridgehead atoms. The van der Waals surface area contributed by atoms with Gasteiger partial charge in [0.2, 0.25) is 0 Å². The van der Waals surface area contributed by atoms with Crippen LogP contribution in [0.25, 0.3) is 0 Å². The minimum absolute atomic E-state index is 0.0349. The summed E-state index contributed by atoms with van der Waals surface area (Å²) in [6, 6.07) is 0. The number of carbonyl (C=O) groups is 2. The van der Waals surface area contributed by atoms with Crippen LogP contribution >= 0.6 is 7.82 Å². The van der Waals surface area contributed by atoms with Gasteiger partial charge in [-0.2, -0.15) is 0 Å². The van der Waals surface area contributed by atoms with Crippen molar-refractivity contribution in [3.05, 3.63) is 109 Å². The average Bonchev–Trinajstić information content (AvgIpc) is 3.58. The van der Waals surface area contributed by atoms with Crippen molar-refractivity contribution in [2.75, 3.05) is 47.5 Å². The largest absolute Gasteiger partial charge is 0.756 e. The van der Waals surface area contributed by atoms with E-state index in [1.807, 2.05) is 21.1 Å². The van der Waals surface area contributed by atoms with E-state index in [1.54, 1.807) is 0 Å². The van der Waals surface area contributed by atoms with E-state index in [0.29, 0.717) is 17.4 Å². The molecule has 2 unspecified atom stereocenters. The van der Waals surface area contributed by atoms with Crippen molar-refractivity contribution in [2.45, 2.75) is 341 Å². The van der Waals surface area contributed by atoms with Crippen molar-refractivity contribution in [1.82, 2.24) is 0 Å². The van der Waals surface area contributed by atoms with Gasteiger partial charge in [-0.1, -0.05) is 348 Å². The molecule has 0 aliphatic carbocycles. The first-order chi connectivity index (χ1) is 44.0. The van der Waals surface area contributed by atoms with Crippen molar-refractivity contribution in [1.29, 1.82) is 0 Å². The molecule has 0 heterocycles. The standard InChI is InChI=1S/C80H142NO8P/c1-6-8-10-12-14-16-18-20-22-24-26-28-30-32-34-36-37-38-39-40-41-42-43-45-47-49-51-53-55-57-59-61-63-65-67-69-71-73-80(83)89-78(77-88-90(84,85)87-75-74-81(3,4)5)76-86-79(82)72-70-68-66-64-62-60-58-56-54-52-50-48-46-44-35-33-31-29-27-25-23-21-19-17-15-13-11-9-7-2/h8,10,14,16,20,22,26,28,32,34,37-38,40-41,43,45,49,51,78H,6-7,9,11-13,15,17-19,21,23-25,27,29-31,33,35-36,39,42,44,46-48,50,52-77H2,1-5H3/b10-8-,16-14-,22-20-,28-26-,34-32-,38-37-,41-40-,45-43-,51-49-. The second-order valence-electron chi connectivity index (χ2n) is 26.3. The number of esters is 2. The van der Waals surface area contributed by atoms with Gasteiger partial charge in [0.25, 0.3) is 7.82 Å². The number of nitrogens with zero attached hydrogens (tertiary/aromatic N) is 1. The van der Waals surface area contributed by atoms with E-state index in [9.17, 15) is 19.0 Å². The molecule has 0 aromatic carbocycles. The molecule has 90 heavy (non-hydrogen) atoms. The van der Waals surface area contributed by atoms with Gasteiger partial charge in [-0.05, 0) is 83.5 Å². The van der Waals surface area contributed by atoms with Gasteiger partial charge in [0, 0.05) is 12.8 Å². The first-order valence-electron chi connectivity index (χ1n) is 37.6. The highest BCUT2D eigenvalue weighted by molar-refractivity contribution is 7.45. The summed E-state index contributed by atoms with van der Waals surface area (Å²) in [6.45, 7) is 4.16. The Morgan fingerprint density at radius 1 is 0.356 bits per heavy atom. The van der Waals surface area contributed by atoms with Crippen molar-refractivity contribution in [3.8, 4) is 0 Å². The van der Waals surface area contributed by atoms with E-state index in [2.05, 4.69) is 123 Å². The molecule has 0 saturated heterocycles. The molecule has 0 spiro atoms. The van der Waals surface area contributed by atoms with Crippen LogP contribution < -0.4 is 4.89 Å². The number of phosphoric acid groups is 1. The van der Waals surface area contributed by atoms with Crippen molar-refractivity contribution in [3.63, 3.8) is 0 Å². The highest BCUT2D eigenvalue weighted by Crippen LogP contribution is 2.38. The van der Waals surface area contributed by atoms with Crippen LogP contribution in [0.15, 0.2) is 109 Å². The van der Waals surface area contributed by atoms with Crippen LogP contribution in [0.4, 0.5) is 0 Å². The second-order valence-corrected chi connectivity index (χ2v) is 27.7. The van der Waals surface area contributed by atoms with Crippen LogP contribution in [0.1, 0.15) is 335 Å². The van der Waals surface area contributed by atoms with Crippen molar-refractivity contribution >= 4 is 19.8 Å². The lowest BCUT2D eigenvalue weighted by Crippen LogP contribution is -2.37. The first-order valence-corrected chi connectivity index (χ1v) is 39.1. The molecule has 0 aromatic heterocycles. The summed E-state index contributed by atoms with van der Waals surface area (Å²) < 4.78 is 34.4. The Hall–Kier alpha value is -3.33. The molecule has 520 valence electrons. The smallest absolute Gasteiger partial charge is 0.306 e. The van der Waals surface area contributed by atoms with Gasteiger partial charge in [0.05, 0.1) is 27.7 Å². The Kier molecular flexibility index (Phi) is 67.4. The van der Waals surface area contributed by atoms with Crippen LogP contribution in [0.5, 0.6) is 0 Å². The van der Waals surface area contributed by atoms with E-state index in [1.165, 1.54) is 199 Å². The summed E-state index contributed by atoms with van der Waals surface area (Å²) in [5, 5.41) is 0. The van der Waals surface area contributed by atoms with E-state index < -0.39 is 26.5 Å². The quantitative estimate of drug-likeness (QED) is 0.0195. The van der Waals surface area contributed by atoms with Crippen molar-refractivity contribution in [2.24, 2.45) is 0 Å². The topological polar surface area (TPSA) is 111 Å². The average molecular weight is 1280 g/mol. The van der Waals surface area contributed by atoms with Crippen LogP contribution in [0, 0.1) is 0 Å². The van der Waals surface area contributed by atoms with Gasteiger partial charge >= 0.3 is 11.9 Å². The minimum atomic E-state index is -4.65. The SMILES string of the molecule is CC/C=C\C/C=C\C/C=C\C/C=C\C/C=C\C/C=C\C/C=C\C/C=C\C/C=C\CCCCCCCCCCCC(=O)OC(COC(=O)CCCCCCCCCCCCCCCCCCCCCCCCCCCCCCC)COP(=O)([O-])OCC[N+](C)(C)C. The van der Waals surface area contributed by atoms with Gasteiger partial charge in [0.15, 0.2) is 6.10 Å². The third-order valence-electron chi connectivity index (χ3n) is 16.3. The molecule has 0 amide bonds. The number of allylic oxidation sites excluding steroid dienone is 18. The Morgan fingerprint density at radius 2 is 0.633 bits per heavy atom. The number of likely N-dealkylation sites (N-methyl/N-ethyl adjacent to an activating group) is 1. The van der Waals surface area contributed by atoms with Gasteiger partial charge in [-0.15, -0.1) is 0 Å². The number of unbranched alkanes of at least 4 members (excludes halogenated alkanes) is 37. The summed E-state index contributed by atoms with van der Waals surface area (Å²) >= 11 is 0. The fourth-order valence-corrected chi connectivity index (χ4v) is 11.3. The Bertz CT molecular complexity index is 1890. The molecule has 2 atom stereocenters. The second kappa shape index (κ2) is 70.0. The summed E-state index contributed by atoms with van der Waals surface area (Å²) in [7, 11) is 1.16. The first kappa shape index (κ1) is 86.7. The third-order valence-corrected chi connectivity index (χ3v) is 17.3. The normalized spacial score (nSPS) is 13.7. The van der Waals surface area contributed by atoms with Gasteiger partial charge in [-0.25, -0.2) is 0 Å². The highest BCUT2D eigenvalue weighted by atomic mass is 31.2. The maximum absolute atomic E-state index is 12.9. The number of quaternary nitrogens is 1. The van der Waals surface area contributed by atoms with Gasteiger partial charge < -0.3 is 27.9 Å². The predicted octanol–water partition coefficient (Wildman–Crippen LogP) is 24.2. The molecule has 10 heteroatoms. The molecule has 0 aliphatic rings. The lowest BCUT2D eigenvalue weighted by Gasteiger charge is -2.28. The zero-order valence-corrected chi connectivity index (χ0v) is 60.2. The molecule has 0 aliphatic heterocycles. The van der Waals surface area contributed by atoms with Crippen LogP contribution in [0.2, 0.25) is 0 Å². The van der Waals surface area contributed by atoms with E-state index in [4.69, 9.17) is 18.5 Å². The molecule has 0 aromatic rings. The molecular weight excluding hydrogens is 1130 g/mol. The van der Waals surface area contributed by atoms with E-state index in [-0.39, 0.29) is 32.0 Å². The van der Waals surface area contributed by atoms with Gasteiger partial charge in [-0.3, -0.25) is 14.2 Å². The maximum Gasteiger partial charge on any atom is 0.306 e. The Labute approximate surface area is 556 Å². The predicted molar refractivity (Wildman–Crippen MR) is 388 cm³/mol. The summed E-state index contributed by atoms with van der Waals surface area (Å²) in [4.78, 5) is 38.1. The van der Waals surface area contributed by atoms with Crippen LogP contribution in [0.3, 0.4) is 0 Å². The fourth-order valence-electron chi connectivity index (χ4n) is 10.6. The summed E-state index contributed by atoms with van der Waals surface area (Å²) in [6.07, 6.45) is 99.0. The molecular formula is C80H142NO8P. The number of hydrogen-bond acceptors (Lipinski definition) is 8. The molecule has 0 saturated carbocycles. The van der Waals surface area contributed by atoms with Gasteiger partial charge in [0.1, 0.15) is 19.8 Å². The zero-order chi connectivity index (χ0) is 65.5. The fraction of sp³-hybridized carbons (Fsp3) is 0.750. The molecule has 0 fully saturated rings. The van der Waals surface area contributed by atoms with Crippen LogP contribution in [-0.2, 0) is 32.7 Å². The van der Waals surface area contributed by atoms with E-state index in [0.717, 1.165) is 103 Å². The van der Waals surface area contributed by atoms with E-state index >= 15 is 0 Å². The lowest BCUT2D eigenvalue weighted by atomic mass is 10.0. The number of hydrogen-bond donors (Lipinski definition) is 0. The molecule has 0 rings (SSSR count). The Morgan fingerprint density at radius 3 is 0.944 bits per heavy atom. The number of ether oxygens (including phenoxy) is 2. The van der Waals surface area contributed by atoms with Crippen LogP contribution in [-0.4, -0.2) is 70.0 Å². The maximum atomic E-state index is 12.9. The number of phosphoric ester groups is 1. The third kappa shape index (κ3) is 73.7. The zero-order valence-electron chi connectivity index (χ0n) is 59.3. The lowest BCUT2D eigenvalue weighted by molar-refractivity contribution is -0.870. The highest BCUT2D eigenvalue weighted by Gasteiger charge is 2.22. The molecule has 0 N–H and O–H groups in total. The van der Waals surface area contributed by atoms with Crippen molar-refractivity contribution < 1.29 is 42.1 Å². The molecule has 9 nitrogen and oxygen atoms in total. The minimum Gasteiger partial charge on any atom is -0.756 e. The monoisotopic (exact) mass is 1280 g/mol. The summed E-state index contributed by atoms with van der Waals surface area (Å²) in [5.41, 5.74) is 0.